The highest BCUT2D eigenvalue weighted by atomic mass is 16.4. The summed E-state index contributed by atoms with van der Waals surface area (Å²) in [5, 5.41) is 53.2. The predicted octanol–water partition coefficient (Wildman–Crippen LogP) is 3.93. The molecule has 98 heavy (non-hydrogen) atoms. The van der Waals surface area contributed by atoms with E-state index in [1.165, 1.54) is 26.0 Å². The molecule has 0 radical (unpaired) electrons. The van der Waals surface area contributed by atoms with Gasteiger partial charge >= 0.3 is 0 Å². The molecule has 13 N–H and O–H groups in total. The van der Waals surface area contributed by atoms with Crippen molar-refractivity contribution in [2.45, 2.75) is 154 Å². The van der Waals surface area contributed by atoms with Crippen LogP contribution in [0.2, 0.25) is 0 Å². The molecule has 6 aromatic rings. The number of phenols is 1. The van der Waals surface area contributed by atoms with E-state index in [4.69, 9.17) is 16.5 Å². The van der Waals surface area contributed by atoms with Crippen molar-refractivity contribution >= 4 is 98.1 Å². The minimum absolute atomic E-state index is 0.00168. The van der Waals surface area contributed by atoms with E-state index in [0.717, 1.165) is 58.6 Å². The minimum atomic E-state index is -1.57. The Morgan fingerprint density at radius 2 is 1.26 bits per heavy atom. The second-order valence-electron chi connectivity index (χ2n) is 25.0. The van der Waals surface area contributed by atoms with Gasteiger partial charge in [-0.15, -0.1) is 4.57 Å². The van der Waals surface area contributed by atoms with Gasteiger partial charge in [0.15, 0.2) is 5.96 Å². The van der Waals surface area contributed by atoms with Crippen LogP contribution in [0, 0.1) is 5.92 Å². The zero-order valence-corrected chi connectivity index (χ0v) is 57.0. The van der Waals surface area contributed by atoms with Crippen LogP contribution in [-0.2, 0) is 44.8 Å². The van der Waals surface area contributed by atoms with Gasteiger partial charge in [0.25, 0.3) is 0 Å². The lowest BCUT2D eigenvalue weighted by Gasteiger charge is -2.27. The number of nitrogens with two attached hydrogens (primary N) is 2. The van der Waals surface area contributed by atoms with E-state index < -0.39 is 77.8 Å². The second kappa shape index (κ2) is 37.3. The van der Waals surface area contributed by atoms with Gasteiger partial charge in [-0.05, 0) is 164 Å². The Labute approximate surface area is 571 Å². The SMILES string of the molecule is CCN(CC)c1ccc2nc3ccc(N=Nc4ccc(N(C)CCCC(=O)NCCCC[C@H](NC(=O)[C@H](Cc5ccc(O)cc5)NC(=O)[C@H](C)NC(=O)[C@H](CC(C)C)NC(=O)[C@@H]5CCCN5)C(=O)N[C@@H](C)C(=O)N[C@@H](CCCN=C(N)N)C(=O)[O-])cc4)cc3[n+](-c3ccccc3)c2c1. The quantitative estimate of drug-likeness (QED) is 0.00657. The summed E-state index contributed by atoms with van der Waals surface area (Å²) in [4.78, 5) is 121. The first kappa shape index (κ1) is 75.1. The highest BCUT2D eigenvalue weighted by Crippen LogP contribution is 2.28. The molecule has 0 bridgehead atoms. The number of amides is 7. The zero-order valence-electron chi connectivity index (χ0n) is 57.0. The lowest BCUT2D eigenvalue weighted by Crippen LogP contribution is -2.59. The molecular formula is C71H95N17O10. The number of hydrogen-bond donors (Lipinski definition) is 11. The number of anilines is 2. The fourth-order valence-corrected chi connectivity index (χ4v) is 11.4. The van der Waals surface area contributed by atoms with E-state index >= 15 is 0 Å². The molecule has 1 aliphatic rings. The molecule has 2 heterocycles. The highest BCUT2D eigenvalue weighted by Gasteiger charge is 2.33. The topological polar surface area (TPSA) is 388 Å². The van der Waals surface area contributed by atoms with Crippen molar-refractivity contribution in [2.24, 2.45) is 32.6 Å². The molecule has 7 atom stereocenters. The Kier molecular flexibility index (Phi) is 28.6. The number of aromatic hydroxyl groups is 1. The highest BCUT2D eigenvalue weighted by molar-refractivity contribution is 5.97. The third-order valence-corrected chi connectivity index (χ3v) is 16.9. The summed E-state index contributed by atoms with van der Waals surface area (Å²) in [5.41, 5.74) is 19.2. The van der Waals surface area contributed by atoms with Crippen LogP contribution in [0.3, 0.4) is 0 Å². The lowest BCUT2D eigenvalue weighted by atomic mass is 10.0. The fourth-order valence-electron chi connectivity index (χ4n) is 11.4. The van der Waals surface area contributed by atoms with Gasteiger partial charge in [0.1, 0.15) is 47.0 Å². The number of benzene rings is 5. The molecule has 27 nitrogen and oxygen atoms in total. The molecule has 1 fully saturated rings. The van der Waals surface area contributed by atoms with Gasteiger partial charge in [0.05, 0.1) is 29.4 Å². The summed E-state index contributed by atoms with van der Waals surface area (Å²) >= 11 is 0. The van der Waals surface area contributed by atoms with E-state index in [1.54, 1.807) is 12.1 Å². The molecule has 27 heteroatoms. The monoisotopic (exact) mass is 1350 g/mol. The van der Waals surface area contributed by atoms with Gasteiger partial charge in [-0.25, -0.2) is 4.98 Å². The summed E-state index contributed by atoms with van der Waals surface area (Å²) in [5.74, 6) is -6.21. The number of carbonyl (C=O) groups is 8. The fraction of sp³-hybridized carbons (Fsp3) is 0.451. The molecule has 524 valence electrons. The van der Waals surface area contributed by atoms with Gasteiger partial charge < -0.3 is 78.8 Å². The number of aromatic nitrogens is 2. The number of phenolic OH excluding ortho intramolecular Hbond substituents is 1. The van der Waals surface area contributed by atoms with Gasteiger partial charge in [-0.3, -0.25) is 38.6 Å². The van der Waals surface area contributed by atoms with Crippen molar-refractivity contribution in [2.75, 3.05) is 56.1 Å². The summed E-state index contributed by atoms with van der Waals surface area (Å²) in [6.45, 7) is 14.1. The largest absolute Gasteiger partial charge is 0.548 e. The van der Waals surface area contributed by atoms with E-state index in [1.807, 2.05) is 86.5 Å². The molecule has 0 aliphatic carbocycles. The van der Waals surface area contributed by atoms with Crippen LogP contribution < -0.4 is 73.5 Å². The molecule has 0 saturated carbocycles. The van der Waals surface area contributed by atoms with Gasteiger partial charge in [-0.1, -0.05) is 44.2 Å². The maximum atomic E-state index is 14.5. The number of guanidine groups is 1. The van der Waals surface area contributed by atoms with Crippen molar-refractivity contribution < 1.29 is 53.1 Å². The normalized spacial score (nSPS) is 14.7. The average Bonchev–Trinajstić information content (AvgIpc) is 0.805. The van der Waals surface area contributed by atoms with Crippen LogP contribution in [0.15, 0.2) is 130 Å². The smallest absolute Gasteiger partial charge is 0.243 e. The minimum Gasteiger partial charge on any atom is -0.548 e. The second-order valence-corrected chi connectivity index (χ2v) is 25.0. The number of unbranched alkanes of at least 4 members (excludes halogenated alkanes) is 1. The molecule has 7 amide bonds. The third kappa shape index (κ3) is 22.7. The Morgan fingerprint density at radius 3 is 1.89 bits per heavy atom. The summed E-state index contributed by atoms with van der Waals surface area (Å²) in [6.07, 6.45) is 3.02. The summed E-state index contributed by atoms with van der Waals surface area (Å²) in [7, 11) is 1.93. The summed E-state index contributed by atoms with van der Waals surface area (Å²) < 4.78 is 2.22. The van der Waals surface area contributed by atoms with Crippen LogP contribution in [0.1, 0.15) is 111 Å². The first-order valence-electron chi connectivity index (χ1n) is 33.7. The van der Waals surface area contributed by atoms with E-state index in [2.05, 4.69) is 111 Å². The predicted molar refractivity (Wildman–Crippen MR) is 374 cm³/mol. The van der Waals surface area contributed by atoms with Crippen LogP contribution in [0.5, 0.6) is 5.75 Å². The Bertz CT molecular complexity index is 3750. The van der Waals surface area contributed by atoms with Crippen molar-refractivity contribution in [1.29, 1.82) is 0 Å². The molecule has 1 aromatic heterocycles. The Hall–Kier alpha value is -10.3. The maximum Gasteiger partial charge on any atom is 0.243 e. The molecule has 5 aromatic carbocycles. The Morgan fingerprint density at radius 1 is 0.663 bits per heavy atom. The number of nitrogens with zero attached hydrogens (tertiary/aromatic N) is 7. The number of rotatable bonds is 37. The number of hydrogen-bond acceptors (Lipinski definition) is 17. The lowest BCUT2D eigenvalue weighted by molar-refractivity contribution is -0.538. The molecular weight excluding hydrogens is 1250 g/mol. The maximum absolute atomic E-state index is 14.5. The zero-order chi connectivity index (χ0) is 70.8. The number of carboxylic acid groups (broad SMARTS) is 1. The number of carbonyl (C=O) groups excluding carboxylic acids is 8. The number of carboxylic acids is 1. The van der Waals surface area contributed by atoms with E-state index in [9.17, 15) is 48.6 Å². The van der Waals surface area contributed by atoms with Gasteiger partial charge in [0, 0.05) is 88.3 Å². The van der Waals surface area contributed by atoms with E-state index in [0.29, 0.717) is 49.3 Å². The summed E-state index contributed by atoms with van der Waals surface area (Å²) in [6, 6.07) is 27.9. The number of fused-ring (bicyclic) bond motifs is 2. The number of nitrogens with one attached hydrogen (secondary N) is 8. The number of para-hydroxylation sites is 1. The molecule has 0 unspecified atom stereocenters. The number of azo groups is 1. The standard InChI is InChI=1S/C71H95N17O10/c1-8-87(9-2)52-31-35-55-62(43-52)88(51-18-11-10-12-19-51)61-42-49(28-34-54(61)79-55)85-84-48-26-29-50(30-27-48)86(7)39-17-23-63(90)75-36-14-13-20-57(67(94)77-45(5)64(91)81-58(70(97)98)22-16-38-76-71(72)73)80-69(96)60(41-47-24-32-53(89)33-25-47)82-65(92)46(6)78-68(95)59(40-44(3)4)83-66(93)56-21-15-37-74-56/h10-12,18-19,24-35,42-46,56-60,74H,8-9,13-17,20-23,36-41H2,1-7H3,(H12-,72,73,75,76,77,78,80,81,82,83,89,90,91,92,93,94,95,96,97,98)/t45-,46-,56-,57-,58-,59-,60-/m0/s1. The first-order chi connectivity index (χ1) is 47.0. The number of aliphatic carboxylic acids is 1. The molecule has 1 saturated heterocycles. The average molecular weight is 1350 g/mol. The van der Waals surface area contributed by atoms with Crippen molar-refractivity contribution in [3.63, 3.8) is 0 Å². The molecule has 7 rings (SSSR count). The Balaban J connectivity index is 0.956. The van der Waals surface area contributed by atoms with Crippen LogP contribution in [-0.4, -0.2) is 152 Å². The van der Waals surface area contributed by atoms with E-state index in [-0.39, 0.29) is 87.5 Å². The van der Waals surface area contributed by atoms with Gasteiger partial charge in [0.2, 0.25) is 58.1 Å². The number of aliphatic imine (C=N–C) groups is 1. The van der Waals surface area contributed by atoms with Crippen molar-refractivity contribution in [1.82, 2.24) is 47.5 Å². The van der Waals surface area contributed by atoms with Crippen LogP contribution in [0.4, 0.5) is 22.7 Å². The van der Waals surface area contributed by atoms with Crippen molar-refractivity contribution in [3.8, 4) is 11.4 Å². The van der Waals surface area contributed by atoms with Gasteiger partial charge in [-0.2, -0.15) is 10.2 Å². The molecule has 1 aliphatic heterocycles. The first-order valence-corrected chi connectivity index (χ1v) is 33.7. The van der Waals surface area contributed by atoms with Crippen LogP contribution in [0.25, 0.3) is 27.8 Å². The third-order valence-electron chi connectivity index (χ3n) is 16.9. The molecule has 0 spiro atoms. The van der Waals surface area contributed by atoms with Crippen molar-refractivity contribution in [3.05, 3.63) is 121 Å². The van der Waals surface area contributed by atoms with Crippen LogP contribution >= 0.6 is 0 Å².